The standard InChI is InChI=1S/C12H14N4/c1-8-4-2-5-9(11(8)13)12-15-14-10-6-3-7-16(10)12/h2,4-5H,3,6-7,13H2,1H3. The van der Waals surface area contributed by atoms with Gasteiger partial charge in [-0.1, -0.05) is 12.1 Å². The molecule has 4 heteroatoms. The zero-order chi connectivity index (χ0) is 11.1. The lowest BCUT2D eigenvalue weighted by Crippen LogP contribution is -2.00. The Hall–Kier alpha value is -1.84. The van der Waals surface area contributed by atoms with Crippen LogP contribution in [0.3, 0.4) is 0 Å². The van der Waals surface area contributed by atoms with E-state index < -0.39 is 0 Å². The van der Waals surface area contributed by atoms with Crippen molar-refractivity contribution in [1.29, 1.82) is 0 Å². The summed E-state index contributed by atoms with van der Waals surface area (Å²) in [5.41, 5.74) is 8.99. The van der Waals surface area contributed by atoms with Crippen LogP contribution >= 0.6 is 0 Å². The van der Waals surface area contributed by atoms with Crippen LogP contribution in [-0.4, -0.2) is 14.8 Å². The molecule has 0 unspecified atom stereocenters. The third-order valence-electron chi connectivity index (χ3n) is 3.17. The number of para-hydroxylation sites is 1. The van der Waals surface area contributed by atoms with E-state index in [1.165, 1.54) is 0 Å². The molecule has 2 N–H and O–H groups in total. The van der Waals surface area contributed by atoms with Crippen LogP contribution in [0.25, 0.3) is 11.4 Å². The molecule has 3 rings (SSSR count). The van der Waals surface area contributed by atoms with Crippen molar-refractivity contribution in [2.24, 2.45) is 0 Å². The fourth-order valence-electron chi connectivity index (χ4n) is 2.23. The van der Waals surface area contributed by atoms with Crippen molar-refractivity contribution in [1.82, 2.24) is 14.8 Å². The molecule has 0 aliphatic carbocycles. The lowest BCUT2D eigenvalue weighted by Gasteiger charge is -2.08. The van der Waals surface area contributed by atoms with Crippen LogP contribution in [0, 0.1) is 6.92 Å². The second kappa shape index (κ2) is 3.33. The molecule has 1 aliphatic heterocycles. The Labute approximate surface area is 94.1 Å². The minimum atomic E-state index is 0.810. The summed E-state index contributed by atoms with van der Waals surface area (Å²) < 4.78 is 2.17. The SMILES string of the molecule is Cc1cccc(-c2nnc3n2CCC3)c1N. The minimum Gasteiger partial charge on any atom is -0.398 e. The van der Waals surface area contributed by atoms with E-state index in [1.54, 1.807) is 0 Å². The molecule has 0 saturated carbocycles. The molecule has 2 aromatic rings. The van der Waals surface area contributed by atoms with E-state index in [-0.39, 0.29) is 0 Å². The monoisotopic (exact) mass is 214 g/mol. The first-order valence-electron chi connectivity index (χ1n) is 5.55. The molecule has 0 radical (unpaired) electrons. The third kappa shape index (κ3) is 1.23. The van der Waals surface area contributed by atoms with Crippen molar-refractivity contribution in [2.45, 2.75) is 26.3 Å². The Kier molecular flexibility index (Phi) is 1.96. The smallest absolute Gasteiger partial charge is 0.166 e. The van der Waals surface area contributed by atoms with Crippen molar-refractivity contribution in [2.75, 3.05) is 5.73 Å². The Morgan fingerprint density at radius 1 is 1.31 bits per heavy atom. The fourth-order valence-corrected chi connectivity index (χ4v) is 2.23. The molecule has 0 amide bonds. The summed E-state index contributed by atoms with van der Waals surface area (Å²) in [5, 5.41) is 8.44. The van der Waals surface area contributed by atoms with Gasteiger partial charge in [0.15, 0.2) is 5.82 Å². The predicted molar refractivity (Wildman–Crippen MR) is 62.9 cm³/mol. The van der Waals surface area contributed by atoms with Crippen molar-refractivity contribution in [3.63, 3.8) is 0 Å². The maximum atomic E-state index is 6.09. The predicted octanol–water partition coefficient (Wildman–Crippen LogP) is 1.78. The molecule has 4 nitrogen and oxygen atoms in total. The highest BCUT2D eigenvalue weighted by molar-refractivity contribution is 5.74. The number of anilines is 1. The number of nitrogen functional groups attached to an aromatic ring is 1. The summed E-state index contributed by atoms with van der Waals surface area (Å²) in [6.45, 7) is 3.02. The molecule has 0 atom stereocenters. The highest BCUT2D eigenvalue weighted by Gasteiger charge is 2.19. The topological polar surface area (TPSA) is 56.7 Å². The first-order valence-corrected chi connectivity index (χ1v) is 5.55. The summed E-state index contributed by atoms with van der Waals surface area (Å²) in [7, 11) is 0. The van der Waals surface area contributed by atoms with Gasteiger partial charge in [-0.05, 0) is 25.0 Å². The highest BCUT2D eigenvalue weighted by atomic mass is 15.3. The molecule has 0 saturated heterocycles. The lowest BCUT2D eigenvalue weighted by atomic mass is 10.1. The molecule has 2 heterocycles. The second-order valence-electron chi connectivity index (χ2n) is 4.23. The average molecular weight is 214 g/mol. The minimum absolute atomic E-state index is 0.810. The van der Waals surface area contributed by atoms with Crippen LogP contribution in [0.2, 0.25) is 0 Å². The van der Waals surface area contributed by atoms with Crippen molar-refractivity contribution in [3.05, 3.63) is 29.6 Å². The van der Waals surface area contributed by atoms with Crippen LogP contribution in [0.1, 0.15) is 17.8 Å². The molecule has 0 bridgehead atoms. The Bertz CT molecular complexity index is 542. The number of nitrogens with zero attached hydrogens (tertiary/aromatic N) is 3. The van der Waals surface area contributed by atoms with E-state index in [4.69, 9.17) is 5.73 Å². The zero-order valence-electron chi connectivity index (χ0n) is 9.27. The Balaban J connectivity index is 2.19. The van der Waals surface area contributed by atoms with E-state index in [0.29, 0.717) is 0 Å². The van der Waals surface area contributed by atoms with Crippen LogP contribution in [0.5, 0.6) is 0 Å². The van der Waals surface area contributed by atoms with Gasteiger partial charge in [0, 0.05) is 24.2 Å². The Morgan fingerprint density at radius 2 is 2.19 bits per heavy atom. The second-order valence-corrected chi connectivity index (χ2v) is 4.23. The van der Waals surface area contributed by atoms with Crippen LogP contribution in [0.4, 0.5) is 5.69 Å². The van der Waals surface area contributed by atoms with Crippen LogP contribution in [0.15, 0.2) is 18.2 Å². The van der Waals surface area contributed by atoms with Gasteiger partial charge in [-0.15, -0.1) is 10.2 Å². The van der Waals surface area contributed by atoms with E-state index >= 15 is 0 Å². The molecule has 1 aromatic carbocycles. The fraction of sp³-hybridized carbons (Fsp3) is 0.333. The quantitative estimate of drug-likeness (QED) is 0.736. The molecule has 0 spiro atoms. The zero-order valence-corrected chi connectivity index (χ0v) is 9.27. The van der Waals surface area contributed by atoms with Gasteiger partial charge in [0.2, 0.25) is 0 Å². The molecule has 0 fully saturated rings. The molecular formula is C12H14N4. The van der Waals surface area contributed by atoms with Crippen molar-refractivity contribution < 1.29 is 0 Å². The normalized spacial score (nSPS) is 14.1. The van der Waals surface area contributed by atoms with Crippen LogP contribution in [-0.2, 0) is 13.0 Å². The lowest BCUT2D eigenvalue weighted by molar-refractivity contribution is 0.749. The largest absolute Gasteiger partial charge is 0.398 e. The molecule has 1 aromatic heterocycles. The number of rotatable bonds is 1. The summed E-state index contributed by atoms with van der Waals surface area (Å²) >= 11 is 0. The van der Waals surface area contributed by atoms with E-state index in [9.17, 15) is 0 Å². The Morgan fingerprint density at radius 3 is 3.06 bits per heavy atom. The molecular weight excluding hydrogens is 200 g/mol. The molecule has 1 aliphatic rings. The van der Waals surface area contributed by atoms with Gasteiger partial charge in [0.25, 0.3) is 0 Å². The van der Waals surface area contributed by atoms with E-state index in [2.05, 4.69) is 14.8 Å². The first kappa shape index (κ1) is 9.39. The highest BCUT2D eigenvalue weighted by Crippen LogP contribution is 2.29. The number of hydrogen-bond donors (Lipinski definition) is 1. The maximum Gasteiger partial charge on any atom is 0.166 e. The number of fused-ring (bicyclic) bond motifs is 1. The van der Waals surface area contributed by atoms with Gasteiger partial charge in [-0.25, -0.2) is 0 Å². The average Bonchev–Trinajstić information content (AvgIpc) is 2.84. The molecule has 82 valence electrons. The van der Waals surface area contributed by atoms with Gasteiger partial charge in [-0.3, -0.25) is 0 Å². The summed E-state index contributed by atoms with van der Waals surface area (Å²) in [6.07, 6.45) is 2.18. The number of nitrogens with two attached hydrogens (primary N) is 1. The van der Waals surface area contributed by atoms with Gasteiger partial charge < -0.3 is 10.3 Å². The maximum absolute atomic E-state index is 6.09. The van der Waals surface area contributed by atoms with E-state index in [0.717, 1.165) is 47.8 Å². The first-order chi connectivity index (χ1) is 7.77. The van der Waals surface area contributed by atoms with Crippen molar-refractivity contribution >= 4 is 5.69 Å². The number of hydrogen-bond acceptors (Lipinski definition) is 3. The summed E-state index contributed by atoms with van der Waals surface area (Å²) in [6, 6.07) is 6.04. The number of aryl methyl sites for hydroxylation is 2. The van der Waals surface area contributed by atoms with E-state index in [1.807, 2.05) is 25.1 Å². The van der Waals surface area contributed by atoms with Gasteiger partial charge in [-0.2, -0.15) is 0 Å². The van der Waals surface area contributed by atoms with Crippen LogP contribution < -0.4 is 5.73 Å². The third-order valence-corrected chi connectivity index (χ3v) is 3.17. The number of aromatic nitrogens is 3. The van der Waals surface area contributed by atoms with Gasteiger partial charge in [0.05, 0.1) is 0 Å². The molecule has 16 heavy (non-hydrogen) atoms. The van der Waals surface area contributed by atoms with Gasteiger partial charge >= 0.3 is 0 Å². The summed E-state index contributed by atoms with van der Waals surface area (Å²) in [4.78, 5) is 0. The summed E-state index contributed by atoms with van der Waals surface area (Å²) in [5.74, 6) is 1.99. The number of benzene rings is 1. The van der Waals surface area contributed by atoms with Gasteiger partial charge in [0.1, 0.15) is 5.82 Å². The van der Waals surface area contributed by atoms with Crippen molar-refractivity contribution in [3.8, 4) is 11.4 Å².